The predicted octanol–water partition coefficient (Wildman–Crippen LogP) is 3.02. The van der Waals surface area contributed by atoms with Gasteiger partial charge in [0.25, 0.3) is 5.91 Å². The van der Waals surface area contributed by atoms with Gasteiger partial charge in [-0.25, -0.2) is 0 Å². The topological polar surface area (TPSA) is 33.5 Å². The Hall–Kier alpha value is -0.670. The molecule has 0 atom stereocenters. The van der Waals surface area contributed by atoms with Crippen molar-refractivity contribution in [1.29, 1.82) is 0 Å². The van der Waals surface area contributed by atoms with Crippen LogP contribution >= 0.6 is 23.2 Å². The third kappa shape index (κ3) is 2.36. The van der Waals surface area contributed by atoms with E-state index in [1.54, 1.807) is 18.0 Å². The Morgan fingerprint density at radius 1 is 1.62 bits per heavy atom. The van der Waals surface area contributed by atoms with Gasteiger partial charge in [-0.3, -0.25) is 4.79 Å². The number of amides is 1. The van der Waals surface area contributed by atoms with Crippen LogP contribution in [0.5, 0.6) is 0 Å². The molecule has 0 unspecified atom stereocenters. The molecule has 0 radical (unpaired) electrons. The average molecular weight is 262 g/mol. The van der Waals surface area contributed by atoms with Crippen LogP contribution in [0.15, 0.2) is 16.7 Å². The maximum Gasteiger partial charge on any atom is 0.258 e. The van der Waals surface area contributed by atoms with E-state index in [0.29, 0.717) is 11.5 Å². The maximum atomic E-state index is 11.9. The second kappa shape index (κ2) is 4.68. The molecule has 1 aromatic rings. The summed E-state index contributed by atoms with van der Waals surface area (Å²) < 4.78 is 4.89. The zero-order chi connectivity index (χ0) is 11.7. The number of hydrogen-bond donors (Lipinski definition) is 0. The quantitative estimate of drug-likeness (QED) is 0.784. The highest BCUT2D eigenvalue weighted by molar-refractivity contribution is 6.32. The fraction of sp³-hybridized carbons (Fsp3) is 0.545. The lowest BCUT2D eigenvalue weighted by Crippen LogP contribution is -2.37. The largest absolute Gasteiger partial charge is 0.452 e. The molecular formula is C11H13Cl2NO2. The summed E-state index contributed by atoms with van der Waals surface area (Å²) >= 11 is 11.6. The van der Waals surface area contributed by atoms with Crippen molar-refractivity contribution in [3.05, 3.63) is 23.1 Å². The van der Waals surface area contributed by atoms with Crippen molar-refractivity contribution in [2.45, 2.75) is 18.2 Å². The van der Waals surface area contributed by atoms with Crippen LogP contribution in [0.4, 0.5) is 0 Å². The van der Waals surface area contributed by atoms with Crippen LogP contribution in [-0.2, 0) is 0 Å². The molecule has 1 fully saturated rings. The number of carbonyl (C=O) groups excluding carboxylic acids is 1. The van der Waals surface area contributed by atoms with Gasteiger partial charge in [-0.1, -0.05) is 0 Å². The van der Waals surface area contributed by atoms with Crippen LogP contribution in [0.3, 0.4) is 0 Å². The van der Waals surface area contributed by atoms with Crippen LogP contribution in [-0.4, -0.2) is 29.8 Å². The molecule has 1 aromatic heterocycles. The van der Waals surface area contributed by atoms with Gasteiger partial charge in [-0.15, -0.1) is 11.6 Å². The number of rotatable bonds is 3. The Labute approximate surface area is 104 Å². The van der Waals surface area contributed by atoms with Crippen molar-refractivity contribution in [1.82, 2.24) is 4.90 Å². The standard InChI is InChI=1S/C11H13Cl2NO2/c1-14(6-7-4-8(12)5-7)11(15)9-2-3-16-10(9)13/h2-3,7-8H,4-6H2,1H3. The molecule has 0 aromatic carbocycles. The summed E-state index contributed by atoms with van der Waals surface area (Å²) in [6.45, 7) is 0.726. The van der Waals surface area contributed by atoms with Gasteiger partial charge in [0.05, 0.1) is 11.8 Å². The van der Waals surface area contributed by atoms with E-state index in [4.69, 9.17) is 27.6 Å². The molecule has 3 nitrogen and oxygen atoms in total. The zero-order valence-electron chi connectivity index (χ0n) is 8.95. The molecule has 0 bridgehead atoms. The van der Waals surface area contributed by atoms with Crippen molar-refractivity contribution < 1.29 is 9.21 Å². The number of nitrogens with zero attached hydrogens (tertiary/aromatic N) is 1. The molecule has 0 aliphatic heterocycles. The Bertz CT molecular complexity index is 385. The highest BCUT2D eigenvalue weighted by atomic mass is 35.5. The van der Waals surface area contributed by atoms with Crippen LogP contribution < -0.4 is 0 Å². The monoisotopic (exact) mass is 261 g/mol. The summed E-state index contributed by atoms with van der Waals surface area (Å²) in [6.07, 6.45) is 3.39. The van der Waals surface area contributed by atoms with E-state index in [2.05, 4.69) is 0 Å². The minimum atomic E-state index is -0.100. The summed E-state index contributed by atoms with van der Waals surface area (Å²) in [5, 5.41) is 0.437. The number of hydrogen-bond acceptors (Lipinski definition) is 2. The number of alkyl halides is 1. The maximum absolute atomic E-state index is 11.9. The third-order valence-electron chi connectivity index (χ3n) is 2.91. The first-order valence-electron chi connectivity index (χ1n) is 5.20. The number of halogens is 2. The van der Waals surface area contributed by atoms with E-state index in [1.807, 2.05) is 0 Å². The molecule has 1 amide bonds. The number of carbonyl (C=O) groups is 1. The highest BCUT2D eigenvalue weighted by Crippen LogP contribution is 2.32. The molecular weight excluding hydrogens is 249 g/mol. The lowest BCUT2D eigenvalue weighted by Gasteiger charge is -2.34. The van der Waals surface area contributed by atoms with Crippen molar-refractivity contribution in [2.75, 3.05) is 13.6 Å². The van der Waals surface area contributed by atoms with Crippen molar-refractivity contribution in [3.63, 3.8) is 0 Å². The van der Waals surface area contributed by atoms with Gasteiger partial charge in [0.15, 0.2) is 0 Å². The third-order valence-corrected chi connectivity index (χ3v) is 3.55. The molecule has 88 valence electrons. The van der Waals surface area contributed by atoms with Crippen LogP contribution in [0.2, 0.25) is 5.22 Å². The average Bonchev–Trinajstić information content (AvgIpc) is 2.61. The second-order valence-corrected chi connectivity index (χ2v) is 5.19. The Kier molecular flexibility index (Phi) is 3.45. The minimum Gasteiger partial charge on any atom is -0.452 e. The summed E-state index contributed by atoms with van der Waals surface area (Å²) in [5.74, 6) is 0.416. The molecule has 0 N–H and O–H groups in total. The van der Waals surface area contributed by atoms with Crippen LogP contribution in [0.25, 0.3) is 0 Å². The first kappa shape index (κ1) is 11.8. The molecule has 16 heavy (non-hydrogen) atoms. The first-order chi connectivity index (χ1) is 7.58. The van der Waals surface area contributed by atoms with E-state index in [9.17, 15) is 4.79 Å². The van der Waals surface area contributed by atoms with Crippen molar-refractivity contribution >= 4 is 29.1 Å². The van der Waals surface area contributed by atoms with Crippen LogP contribution in [0, 0.1) is 5.92 Å². The predicted molar refractivity (Wildman–Crippen MR) is 63.0 cm³/mol. The molecule has 0 spiro atoms. The minimum absolute atomic E-state index is 0.100. The van der Waals surface area contributed by atoms with Gasteiger partial charge in [0, 0.05) is 19.0 Å². The smallest absolute Gasteiger partial charge is 0.258 e. The van der Waals surface area contributed by atoms with E-state index < -0.39 is 0 Å². The van der Waals surface area contributed by atoms with E-state index in [0.717, 1.165) is 19.4 Å². The Morgan fingerprint density at radius 3 is 2.81 bits per heavy atom. The zero-order valence-corrected chi connectivity index (χ0v) is 10.5. The van der Waals surface area contributed by atoms with Gasteiger partial charge in [-0.2, -0.15) is 0 Å². The van der Waals surface area contributed by atoms with Gasteiger partial charge >= 0.3 is 0 Å². The van der Waals surface area contributed by atoms with E-state index in [1.165, 1.54) is 6.26 Å². The molecule has 1 saturated carbocycles. The molecule has 1 aliphatic rings. The SMILES string of the molecule is CN(CC1CC(Cl)C1)C(=O)c1ccoc1Cl. The molecule has 1 aliphatic carbocycles. The van der Waals surface area contributed by atoms with E-state index in [-0.39, 0.29) is 16.5 Å². The fourth-order valence-electron chi connectivity index (χ4n) is 1.93. The van der Waals surface area contributed by atoms with Gasteiger partial charge in [0.2, 0.25) is 5.22 Å². The Morgan fingerprint density at radius 2 is 2.31 bits per heavy atom. The highest BCUT2D eigenvalue weighted by Gasteiger charge is 2.29. The molecule has 1 heterocycles. The Balaban J connectivity index is 1.92. The second-order valence-electron chi connectivity index (χ2n) is 4.23. The fourth-order valence-corrected chi connectivity index (χ4v) is 2.62. The van der Waals surface area contributed by atoms with Gasteiger partial charge in [0.1, 0.15) is 0 Å². The van der Waals surface area contributed by atoms with Crippen molar-refractivity contribution in [3.8, 4) is 0 Å². The summed E-state index contributed by atoms with van der Waals surface area (Å²) in [5.41, 5.74) is 0.422. The lowest BCUT2D eigenvalue weighted by molar-refractivity contribution is 0.0746. The summed E-state index contributed by atoms with van der Waals surface area (Å²) in [7, 11) is 1.77. The molecule has 5 heteroatoms. The van der Waals surface area contributed by atoms with Crippen molar-refractivity contribution in [2.24, 2.45) is 5.92 Å². The summed E-state index contributed by atoms with van der Waals surface area (Å²) in [4.78, 5) is 13.6. The normalized spacial score (nSPS) is 23.9. The van der Waals surface area contributed by atoms with Gasteiger partial charge < -0.3 is 9.32 Å². The molecule has 0 saturated heterocycles. The van der Waals surface area contributed by atoms with Crippen LogP contribution in [0.1, 0.15) is 23.2 Å². The first-order valence-corrected chi connectivity index (χ1v) is 6.02. The van der Waals surface area contributed by atoms with Gasteiger partial charge in [-0.05, 0) is 36.4 Å². The molecule has 2 rings (SSSR count). The number of furan rings is 1. The summed E-state index contributed by atoms with van der Waals surface area (Å²) in [6, 6.07) is 1.59. The lowest BCUT2D eigenvalue weighted by atomic mass is 9.84. The van der Waals surface area contributed by atoms with E-state index >= 15 is 0 Å².